The first-order valence-electron chi connectivity index (χ1n) is 7.38. The molecule has 7 heteroatoms. The molecule has 0 aliphatic rings. The van der Waals surface area contributed by atoms with Crippen LogP contribution in [0.25, 0.3) is 11.0 Å². The highest BCUT2D eigenvalue weighted by atomic mass is 16.2. The zero-order chi connectivity index (χ0) is 17.1. The molecule has 0 fully saturated rings. The van der Waals surface area contributed by atoms with E-state index in [-0.39, 0.29) is 24.0 Å². The van der Waals surface area contributed by atoms with Gasteiger partial charge in [0.05, 0.1) is 11.0 Å². The predicted octanol–water partition coefficient (Wildman–Crippen LogP) is 1.93. The molecular weight excluding hydrogens is 308 g/mol. The summed E-state index contributed by atoms with van der Waals surface area (Å²) in [6.45, 7) is 1.34. The average molecular weight is 324 g/mol. The maximum absolute atomic E-state index is 12.2. The quantitative estimate of drug-likeness (QED) is 0.684. The van der Waals surface area contributed by atoms with Crippen LogP contribution in [-0.2, 0) is 16.1 Å². The van der Waals surface area contributed by atoms with Gasteiger partial charge in [0.25, 0.3) is 0 Å². The third kappa shape index (κ3) is 3.35. The standard InChI is InChI=1S/C17H16N4O3/c1-11(22)18-12-6-8-13(9-7-12)19-16(23)10-21-15-5-3-2-4-14(15)20-17(21)24/h2-9H,10H2,1H3,(H,18,22)(H,19,23)(H,20,24). The lowest BCUT2D eigenvalue weighted by Crippen LogP contribution is -2.25. The van der Waals surface area contributed by atoms with E-state index in [0.717, 1.165) is 0 Å². The molecule has 0 saturated heterocycles. The van der Waals surface area contributed by atoms with Crippen molar-refractivity contribution >= 4 is 34.2 Å². The Kier molecular flexibility index (Phi) is 4.15. The van der Waals surface area contributed by atoms with Gasteiger partial charge in [-0.1, -0.05) is 12.1 Å². The molecule has 122 valence electrons. The first-order valence-corrected chi connectivity index (χ1v) is 7.38. The molecule has 3 N–H and O–H groups in total. The summed E-state index contributed by atoms with van der Waals surface area (Å²) in [7, 11) is 0. The molecule has 1 heterocycles. The molecule has 0 bridgehead atoms. The third-order valence-electron chi connectivity index (χ3n) is 3.47. The number of anilines is 2. The lowest BCUT2D eigenvalue weighted by atomic mass is 10.2. The van der Waals surface area contributed by atoms with Crippen LogP contribution in [0.15, 0.2) is 53.3 Å². The Morgan fingerprint density at radius 2 is 1.62 bits per heavy atom. The summed E-state index contributed by atoms with van der Waals surface area (Å²) in [6.07, 6.45) is 0. The van der Waals surface area contributed by atoms with Crippen molar-refractivity contribution in [2.24, 2.45) is 0 Å². The molecule has 2 amide bonds. The Morgan fingerprint density at radius 1 is 1.00 bits per heavy atom. The fourth-order valence-electron chi connectivity index (χ4n) is 2.45. The number of rotatable bonds is 4. The number of carbonyl (C=O) groups is 2. The largest absolute Gasteiger partial charge is 0.326 e. The molecule has 3 rings (SSSR count). The minimum atomic E-state index is -0.327. The van der Waals surface area contributed by atoms with Crippen LogP contribution in [0, 0.1) is 0 Å². The van der Waals surface area contributed by atoms with Crippen molar-refractivity contribution in [3.63, 3.8) is 0 Å². The normalized spacial score (nSPS) is 10.5. The summed E-state index contributed by atoms with van der Waals surface area (Å²) in [6, 6.07) is 13.9. The smallest absolute Gasteiger partial charge is 0.326 e. The zero-order valence-electron chi connectivity index (χ0n) is 13.0. The van der Waals surface area contributed by atoms with E-state index in [1.807, 2.05) is 12.1 Å². The number of fused-ring (bicyclic) bond motifs is 1. The number of H-pyrrole nitrogens is 1. The predicted molar refractivity (Wildman–Crippen MR) is 91.9 cm³/mol. The molecule has 7 nitrogen and oxygen atoms in total. The molecular formula is C17H16N4O3. The van der Waals surface area contributed by atoms with Gasteiger partial charge in [-0.25, -0.2) is 4.79 Å². The molecule has 24 heavy (non-hydrogen) atoms. The summed E-state index contributed by atoms with van der Waals surface area (Å²) in [5, 5.41) is 5.38. The van der Waals surface area contributed by atoms with E-state index in [0.29, 0.717) is 22.4 Å². The number of nitrogens with zero attached hydrogens (tertiary/aromatic N) is 1. The van der Waals surface area contributed by atoms with Crippen LogP contribution >= 0.6 is 0 Å². The van der Waals surface area contributed by atoms with Gasteiger partial charge in [-0.05, 0) is 36.4 Å². The number of aromatic nitrogens is 2. The molecule has 0 radical (unpaired) electrons. The summed E-state index contributed by atoms with van der Waals surface area (Å²) < 4.78 is 1.39. The van der Waals surface area contributed by atoms with Crippen LogP contribution in [0.2, 0.25) is 0 Å². The summed E-state index contributed by atoms with van der Waals surface area (Å²) in [4.78, 5) is 37.8. The van der Waals surface area contributed by atoms with Crippen LogP contribution in [0.1, 0.15) is 6.92 Å². The van der Waals surface area contributed by atoms with Crippen molar-refractivity contribution in [2.75, 3.05) is 10.6 Å². The van der Waals surface area contributed by atoms with Gasteiger partial charge in [-0.3, -0.25) is 14.2 Å². The van der Waals surface area contributed by atoms with E-state index in [2.05, 4.69) is 15.6 Å². The van der Waals surface area contributed by atoms with E-state index in [1.165, 1.54) is 11.5 Å². The molecule has 0 atom stereocenters. The topological polar surface area (TPSA) is 96.0 Å². The van der Waals surface area contributed by atoms with Gasteiger partial charge in [0.15, 0.2) is 0 Å². The number of nitrogens with one attached hydrogen (secondary N) is 3. The Morgan fingerprint density at radius 3 is 2.29 bits per heavy atom. The summed E-state index contributed by atoms with van der Waals surface area (Å²) >= 11 is 0. The first kappa shape index (κ1) is 15.5. The number of amides is 2. The second-order valence-electron chi connectivity index (χ2n) is 5.34. The van der Waals surface area contributed by atoms with E-state index in [9.17, 15) is 14.4 Å². The van der Waals surface area contributed by atoms with Crippen molar-refractivity contribution in [3.8, 4) is 0 Å². The number of aromatic amines is 1. The Balaban J connectivity index is 1.72. The minimum Gasteiger partial charge on any atom is -0.326 e. The van der Waals surface area contributed by atoms with Crippen molar-refractivity contribution < 1.29 is 9.59 Å². The number of hydrogen-bond donors (Lipinski definition) is 3. The number of imidazole rings is 1. The second kappa shape index (κ2) is 6.41. The minimum absolute atomic E-state index is 0.0870. The van der Waals surface area contributed by atoms with Crippen LogP contribution in [0.4, 0.5) is 11.4 Å². The number of carbonyl (C=O) groups excluding carboxylic acids is 2. The third-order valence-corrected chi connectivity index (χ3v) is 3.47. The van der Waals surface area contributed by atoms with Gasteiger partial charge in [0.2, 0.25) is 11.8 Å². The Bertz CT molecular complexity index is 954. The van der Waals surface area contributed by atoms with Gasteiger partial charge < -0.3 is 15.6 Å². The lowest BCUT2D eigenvalue weighted by molar-refractivity contribution is -0.117. The fourth-order valence-corrected chi connectivity index (χ4v) is 2.45. The highest BCUT2D eigenvalue weighted by molar-refractivity contribution is 5.92. The van der Waals surface area contributed by atoms with Crippen LogP contribution in [0.5, 0.6) is 0 Å². The second-order valence-corrected chi connectivity index (χ2v) is 5.34. The fraction of sp³-hybridized carbons (Fsp3) is 0.118. The van der Waals surface area contributed by atoms with Crippen molar-refractivity contribution in [1.82, 2.24) is 9.55 Å². The maximum Gasteiger partial charge on any atom is 0.326 e. The van der Waals surface area contributed by atoms with Gasteiger partial charge in [0, 0.05) is 18.3 Å². The first-order chi connectivity index (χ1) is 11.5. The van der Waals surface area contributed by atoms with E-state index < -0.39 is 0 Å². The van der Waals surface area contributed by atoms with E-state index in [4.69, 9.17) is 0 Å². The molecule has 1 aromatic heterocycles. The lowest BCUT2D eigenvalue weighted by Gasteiger charge is -2.07. The van der Waals surface area contributed by atoms with Crippen molar-refractivity contribution in [1.29, 1.82) is 0 Å². The molecule has 2 aromatic carbocycles. The van der Waals surface area contributed by atoms with Gasteiger partial charge >= 0.3 is 5.69 Å². The number of benzene rings is 2. The highest BCUT2D eigenvalue weighted by Gasteiger charge is 2.10. The van der Waals surface area contributed by atoms with Crippen molar-refractivity contribution in [3.05, 3.63) is 59.0 Å². The molecule has 0 saturated carbocycles. The van der Waals surface area contributed by atoms with Crippen LogP contribution in [-0.4, -0.2) is 21.4 Å². The number of para-hydroxylation sites is 2. The molecule has 3 aromatic rings. The highest BCUT2D eigenvalue weighted by Crippen LogP contribution is 2.14. The van der Waals surface area contributed by atoms with Gasteiger partial charge in [-0.2, -0.15) is 0 Å². The average Bonchev–Trinajstić information content (AvgIpc) is 2.85. The molecule has 0 aliphatic heterocycles. The monoisotopic (exact) mass is 324 g/mol. The Hall–Kier alpha value is -3.35. The maximum atomic E-state index is 12.2. The van der Waals surface area contributed by atoms with Gasteiger partial charge in [-0.15, -0.1) is 0 Å². The van der Waals surface area contributed by atoms with Gasteiger partial charge in [0.1, 0.15) is 6.54 Å². The van der Waals surface area contributed by atoms with E-state index in [1.54, 1.807) is 36.4 Å². The van der Waals surface area contributed by atoms with Crippen LogP contribution < -0.4 is 16.3 Å². The molecule has 0 unspecified atom stereocenters. The molecule has 0 aliphatic carbocycles. The molecule has 0 spiro atoms. The summed E-state index contributed by atoms with van der Waals surface area (Å²) in [5.41, 5.74) is 2.27. The Labute approximate surface area is 137 Å². The van der Waals surface area contributed by atoms with Crippen molar-refractivity contribution in [2.45, 2.75) is 13.5 Å². The number of hydrogen-bond acceptors (Lipinski definition) is 3. The zero-order valence-corrected chi connectivity index (χ0v) is 13.0. The van der Waals surface area contributed by atoms with Crippen LogP contribution in [0.3, 0.4) is 0 Å². The summed E-state index contributed by atoms with van der Waals surface area (Å²) in [5.74, 6) is -0.473. The van der Waals surface area contributed by atoms with E-state index >= 15 is 0 Å². The SMILES string of the molecule is CC(=O)Nc1ccc(NC(=O)Cn2c(=O)[nH]c3ccccc32)cc1.